The van der Waals surface area contributed by atoms with Crippen LogP contribution in [0.1, 0.15) is 28.3 Å². The van der Waals surface area contributed by atoms with Gasteiger partial charge in [0.1, 0.15) is 0 Å². The Labute approximate surface area is 128 Å². The molecule has 2 N–H and O–H groups in total. The Bertz CT molecular complexity index is 623. The molecule has 1 nitrogen and oxygen atoms in total. The average Bonchev–Trinajstić information content (AvgIpc) is 2.36. The molecule has 1 atom stereocenters. The lowest BCUT2D eigenvalue weighted by molar-refractivity contribution is 0.860. The van der Waals surface area contributed by atoms with Crippen molar-refractivity contribution in [3.8, 4) is 0 Å². The van der Waals surface area contributed by atoms with E-state index in [4.69, 9.17) is 40.5 Å². The second-order valence-electron chi connectivity index (χ2n) is 4.61. The predicted molar refractivity (Wildman–Crippen MR) is 83.4 cm³/mol. The molecule has 0 saturated carbocycles. The van der Waals surface area contributed by atoms with Crippen LogP contribution >= 0.6 is 34.8 Å². The summed E-state index contributed by atoms with van der Waals surface area (Å²) >= 11 is 18.1. The Morgan fingerprint density at radius 1 is 0.842 bits per heavy atom. The fraction of sp³-hybridized carbons (Fsp3) is 0.200. The summed E-state index contributed by atoms with van der Waals surface area (Å²) in [7, 11) is 0. The molecule has 0 bridgehead atoms. The number of hydrogen-bond acceptors (Lipinski definition) is 1. The molecular formula is C15H14Cl3N. The van der Waals surface area contributed by atoms with Crippen LogP contribution in [-0.4, -0.2) is 0 Å². The van der Waals surface area contributed by atoms with E-state index in [-0.39, 0.29) is 6.04 Å². The molecule has 0 aliphatic carbocycles. The van der Waals surface area contributed by atoms with Crippen LogP contribution in [0, 0.1) is 13.8 Å². The van der Waals surface area contributed by atoms with Gasteiger partial charge in [-0.25, -0.2) is 0 Å². The van der Waals surface area contributed by atoms with E-state index >= 15 is 0 Å². The fourth-order valence-corrected chi connectivity index (χ4v) is 2.55. The van der Waals surface area contributed by atoms with Crippen LogP contribution < -0.4 is 5.73 Å². The van der Waals surface area contributed by atoms with Gasteiger partial charge in [0.15, 0.2) is 0 Å². The highest BCUT2D eigenvalue weighted by atomic mass is 35.5. The summed E-state index contributed by atoms with van der Waals surface area (Å²) in [6.07, 6.45) is 0. The molecule has 0 heterocycles. The van der Waals surface area contributed by atoms with E-state index in [2.05, 4.69) is 0 Å². The maximum Gasteiger partial charge on any atom is 0.0595 e. The quantitative estimate of drug-likeness (QED) is 0.798. The van der Waals surface area contributed by atoms with Crippen LogP contribution in [0.2, 0.25) is 15.1 Å². The van der Waals surface area contributed by atoms with Gasteiger partial charge in [-0.05, 0) is 54.3 Å². The molecule has 0 aromatic heterocycles. The van der Waals surface area contributed by atoms with Crippen molar-refractivity contribution >= 4 is 34.8 Å². The molecular weight excluding hydrogens is 301 g/mol. The highest BCUT2D eigenvalue weighted by Gasteiger charge is 2.14. The van der Waals surface area contributed by atoms with Crippen LogP contribution in [0.15, 0.2) is 30.3 Å². The van der Waals surface area contributed by atoms with Gasteiger partial charge in [-0.15, -0.1) is 0 Å². The molecule has 0 aliphatic rings. The Morgan fingerprint density at radius 3 is 2.16 bits per heavy atom. The molecule has 2 aromatic carbocycles. The number of nitrogens with two attached hydrogens (primary N) is 1. The molecule has 0 spiro atoms. The number of benzene rings is 2. The molecule has 2 rings (SSSR count). The van der Waals surface area contributed by atoms with Gasteiger partial charge in [-0.1, -0.05) is 46.9 Å². The number of hydrogen-bond donors (Lipinski definition) is 1. The lowest BCUT2D eigenvalue weighted by Gasteiger charge is -2.17. The summed E-state index contributed by atoms with van der Waals surface area (Å²) in [5.74, 6) is 0. The molecule has 0 fully saturated rings. The van der Waals surface area contributed by atoms with Gasteiger partial charge in [0.25, 0.3) is 0 Å². The molecule has 2 aromatic rings. The predicted octanol–water partition coefficient (Wildman–Crippen LogP) is 5.31. The zero-order valence-electron chi connectivity index (χ0n) is 10.7. The second-order valence-corrected chi connectivity index (χ2v) is 5.83. The summed E-state index contributed by atoms with van der Waals surface area (Å²) in [4.78, 5) is 0. The lowest BCUT2D eigenvalue weighted by Crippen LogP contribution is -2.13. The van der Waals surface area contributed by atoms with E-state index in [0.717, 1.165) is 27.3 Å². The van der Waals surface area contributed by atoms with Gasteiger partial charge in [-0.3, -0.25) is 0 Å². The molecule has 0 radical (unpaired) electrons. The van der Waals surface area contributed by atoms with Crippen molar-refractivity contribution in [2.24, 2.45) is 5.73 Å². The standard InChI is InChI=1S/C15H14Cl3N/c1-8-6-13(17)9(2)5-11(8)15(19)10-3-4-12(16)14(18)7-10/h3-7,15H,19H2,1-2H3. The first-order chi connectivity index (χ1) is 8.90. The smallest absolute Gasteiger partial charge is 0.0595 e. The lowest BCUT2D eigenvalue weighted by atomic mass is 9.94. The first kappa shape index (κ1) is 14.7. The topological polar surface area (TPSA) is 26.0 Å². The van der Waals surface area contributed by atoms with E-state index in [1.54, 1.807) is 12.1 Å². The summed E-state index contributed by atoms with van der Waals surface area (Å²) in [6, 6.07) is 9.16. The van der Waals surface area contributed by atoms with E-state index in [1.165, 1.54) is 0 Å². The number of halogens is 3. The Balaban J connectivity index is 2.46. The molecule has 0 saturated heterocycles. The van der Waals surface area contributed by atoms with Crippen molar-refractivity contribution in [2.45, 2.75) is 19.9 Å². The minimum atomic E-state index is -0.245. The van der Waals surface area contributed by atoms with Crippen molar-refractivity contribution in [1.29, 1.82) is 0 Å². The first-order valence-corrected chi connectivity index (χ1v) is 7.00. The zero-order chi connectivity index (χ0) is 14.2. The van der Waals surface area contributed by atoms with Crippen LogP contribution in [-0.2, 0) is 0 Å². The largest absolute Gasteiger partial charge is 0.320 e. The van der Waals surface area contributed by atoms with Crippen molar-refractivity contribution in [3.05, 3.63) is 67.7 Å². The van der Waals surface area contributed by atoms with Crippen molar-refractivity contribution in [2.75, 3.05) is 0 Å². The van der Waals surface area contributed by atoms with Crippen LogP contribution in [0.4, 0.5) is 0 Å². The van der Waals surface area contributed by atoms with E-state index in [9.17, 15) is 0 Å². The average molecular weight is 315 g/mol. The third-order valence-electron chi connectivity index (χ3n) is 3.19. The highest BCUT2D eigenvalue weighted by Crippen LogP contribution is 2.30. The second kappa shape index (κ2) is 5.72. The maximum atomic E-state index is 6.31. The zero-order valence-corrected chi connectivity index (χ0v) is 12.9. The third kappa shape index (κ3) is 3.06. The summed E-state index contributed by atoms with van der Waals surface area (Å²) in [5.41, 5.74) is 10.4. The molecule has 1 unspecified atom stereocenters. The van der Waals surface area contributed by atoms with E-state index in [1.807, 2.05) is 32.0 Å². The van der Waals surface area contributed by atoms with E-state index < -0.39 is 0 Å². The highest BCUT2D eigenvalue weighted by molar-refractivity contribution is 6.42. The van der Waals surface area contributed by atoms with Gasteiger partial charge < -0.3 is 5.73 Å². The summed E-state index contributed by atoms with van der Waals surface area (Å²) in [6.45, 7) is 3.96. The van der Waals surface area contributed by atoms with Crippen LogP contribution in [0.25, 0.3) is 0 Å². The van der Waals surface area contributed by atoms with Crippen molar-refractivity contribution < 1.29 is 0 Å². The van der Waals surface area contributed by atoms with Gasteiger partial charge in [0.2, 0.25) is 0 Å². The van der Waals surface area contributed by atoms with E-state index in [0.29, 0.717) is 10.0 Å². The van der Waals surface area contributed by atoms with Crippen molar-refractivity contribution in [1.82, 2.24) is 0 Å². The number of rotatable bonds is 2. The molecule has 0 aliphatic heterocycles. The van der Waals surface area contributed by atoms with Gasteiger partial charge in [0, 0.05) is 5.02 Å². The Kier molecular flexibility index (Phi) is 4.42. The first-order valence-electron chi connectivity index (χ1n) is 5.87. The van der Waals surface area contributed by atoms with Crippen LogP contribution in [0.5, 0.6) is 0 Å². The minimum absolute atomic E-state index is 0.245. The monoisotopic (exact) mass is 313 g/mol. The number of aryl methyl sites for hydroxylation is 2. The normalized spacial score (nSPS) is 12.5. The molecule has 100 valence electrons. The summed E-state index contributed by atoms with van der Waals surface area (Å²) in [5, 5.41) is 1.79. The summed E-state index contributed by atoms with van der Waals surface area (Å²) < 4.78 is 0. The van der Waals surface area contributed by atoms with Gasteiger partial charge in [-0.2, -0.15) is 0 Å². The van der Waals surface area contributed by atoms with Crippen LogP contribution in [0.3, 0.4) is 0 Å². The Morgan fingerprint density at radius 2 is 1.53 bits per heavy atom. The van der Waals surface area contributed by atoms with Gasteiger partial charge in [0.05, 0.1) is 16.1 Å². The molecule has 4 heteroatoms. The third-order valence-corrected chi connectivity index (χ3v) is 4.33. The van der Waals surface area contributed by atoms with Crippen molar-refractivity contribution in [3.63, 3.8) is 0 Å². The molecule has 19 heavy (non-hydrogen) atoms. The fourth-order valence-electron chi connectivity index (χ4n) is 2.02. The van der Waals surface area contributed by atoms with Gasteiger partial charge >= 0.3 is 0 Å². The molecule has 0 amide bonds. The minimum Gasteiger partial charge on any atom is -0.320 e. The maximum absolute atomic E-state index is 6.31. The Hall–Kier alpha value is -0.730. The SMILES string of the molecule is Cc1cc(C(N)c2ccc(Cl)c(Cl)c2)c(C)cc1Cl.